The number of halogens is 1. The molecule has 3 heterocycles. The van der Waals surface area contributed by atoms with Crippen LogP contribution in [0, 0.1) is 5.82 Å². The number of carbonyl (C=O) groups is 1. The number of hydrogen-bond donors (Lipinski definition) is 2. The van der Waals surface area contributed by atoms with Crippen molar-refractivity contribution in [1.82, 2.24) is 20.2 Å². The molecule has 2 aromatic heterocycles. The van der Waals surface area contributed by atoms with Crippen molar-refractivity contribution in [3.63, 3.8) is 0 Å². The van der Waals surface area contributed by atoms with Gasteiger partial charge in [-0.3, -0.25) is 14.7 Å². The SMILES string of the molecule is COc1ccc(CN2CCC(C)(NC(=O)c3nccc4[nH]ccc34)C2)cc1F. The molecule has 0 spiro atoms. The number of nitrogens with one attached hydrogen (secondary N) is 2. The molecular weight excluding hydrogens is 359 g/mol. The van der Waals surface area contributed by atoms with Gasteiger partial charge >= 0.3 is 0 Å². The van der Waals surface area contributed by atoms with Gasteiger partial charge in [0.15, 0.2) is 11.6 Å². The number of carbonyl (C=O) groups excluding carboxylic acids is 1. The van der Waals surface area contributed by atoms with Gasteiger partial charge in [-0.25, -0.2) is 4.39 Å². The van der Waals surface area contributed by atoms with E-state index in [0.717, 1.165) is 29.4 Å². The van der Waals surface area contributed by atoms with E-state index < -0.39 is 0 Å². The van der Waals surface area contributed by atoms with Crippen LogP contribution in [0.4, 0.5) is 4.39 Å². The second kappa shape index (κ2) is 7.24. The van der Waals surface area contributed by atoms with Gasteiger partial charge in [0.2, 0.25) is 0 Å². The molecule has 1 atom stereocenters. The van der Waals surface area contributed by atoms with Gasteiger partial charge < -0.3 is 15.0 Å². The number of pyridine rings is 1. The number of fused-ring (bicyclic) bond motifs is 1. The van der Waals surface area contributed by atoms with E-state index in [1.165, 1.54) is 13.2 Å². The van der Waals surface area contributed by atoms with E-state index in [1.807, 2.05) is 25.1 Å². The minimum absolute atomic E-state index is 0.176. The molecule has 3 aromatic rings. The Morgan fingerprint density at radius 3 is 3.04 bits per heavy atom. The van der Waals surface area contributed by atoms with Crippen LogP contribution in [0.1, 0.15) is 29.4 Å². The molecule has 1 aromatic carbocycles. The fourth-order valence-corrected chi connectivity index (χ4v) is 3.86. The summed E-state index contributed by atoms with van der Waals surface area (Å²) in [5.74, 6) is -0.292. The van der Waals surface area contributed by atoms with Gasteiger partial charge in [-0.1, -0.05) is 6.07 Å². The first-order valence-electron chi connectivity index (χ1n) is 9.27. The fraction of sp³-hybridized carbons (Fsp3) is 0.333. The Bertz CT molecular complexity index is 1020. The maximum atomic E-state index is 13.9. The number of rotatable bonds is 5. The highest BCUT2D eigenvalue weighted by Gasteiger charge is 2.35. The highest BCUT2D eigenvalue weighted by atomic mass is 19.1. The lowest BCUT2D eigenvalue weighted by atomic mass is 10.0. The maximum absolute atomic E-state index is 13.9. The van der Waals surface area contributed by atoms with Crippen molar-refractivity contribution in [3.05, 3.63) is 59.8 Å². The maximum Gasteiger partial charge on any atom is 0.271 e. The average molecular weight is 382 g/mol. The zero-order valence-corrected chi connectivity index (χ0v) is 16.0. The van der Waals surface area contributed by atoms with E-state index in [4.69, 9.17) is 4.74 Å². The molecule has 7 heteroatoms. The molecule has 28 heavy (non-hydrogen) atoms. The Labute approximate surface area is 162 Å². The predicted molar refractivity (Wildman–Crippen MR) is 105 cm³/mol. The number of nitrogens with zero attached hydrogens (tertiary/aromatic N) is 2. The van der Waals surface area contributed by atoms with Crippen molar-refractivity contribution >= 4 is 16.8 Å². The van der Waals surface area contributed by atoms with E-state index in [0.29, 0.717) is 18.8 Å². The summed E-state index contributed by atoms with van der Waals surface area (Å²) in [5, 5.41) is 3.96. The monoisotopic (exact) mass is 382 g/mol. The molecule has 0 bridgehead atoms. The second-order valence-corrected chi connectivity index (χ2v) is 7.54. The van der Waals surface area contributed by atoms with Gasteiger partial charge in [0.25, 0.3) is 5.91 Å². The van der Waals surface area contributed by atoms with E-state index in [2.05, 4.69) is 20.2 Å². The summed E-state index contributed by atoms with van der Waals surface area (Å²) in [4.78, 5) is 22.4. The van der Waals surface area contributed by atoms with Crippen molar-refractivity contribution in [2.24, 2.45) is 0 Å². The molecule has 1 unspecified atom stereocenters. The number of amides is 1. The van der Waals surface area contributed by atoms with Gasteiger partial charge in [-0.05, 0) is 43.2 Å². The van der Waals surface area contributed by atoms with Crippen LogP contribution in [0.3, 0.4) is 0 Å². The van der Waals surface area contributed by atoms with E-state index in [-0.39, 0.29) is 23.0 Å². The molecule has 1 amide bonds. The number of ether oxygens (including phenoxy) is 1. The zero-order valence-electron chi connectivity index (χ0n) is 16.0. The highest BCUT2D eigenvalue weighted by Crippen LogP contribution is 2.25. The van der Waals surface area contributed by atoms with Crippen molar-refractivity contribution in [2.45, 2.75) is 25.4 Å². The number of aromatic nitrogens is 2. The van der Waals surface area contributed by atoms with Gasteiger partial charge in [0.05, 0.1) is 12.6 Å². The van der Waals surface area contributed by atoms with Crippen molar-refractivity contribution in [1.29, 1.82) is 0 Å². The first-order valence-corrected chi connectivity index (χ1v) is 9.27. The Morgan fingerprint density at radius 1 is 1.39 bits per heavy atom. The third-order valence-electron chi connectivity index (χ3n) is 5.28. The molecule has 146 valence electrons. The number of benzene rings is 1. The summed E-state index contributed by atoms with van der Waals surface area (Å²) in [6, 6.07) is 8.72. The first-order chi connectivity index (χ1) is 13.5. The van der Waals surface area contributed by atoms with E-state index in [9.17, 15) is 9.18 Å². The van der Waals surface area contributed by atoms with Crippen LogP contribution in [0.2, 0.25) is 0 Å². The molecular formula is C21H23FN4O2. The topological polar surface area (TPSA) is 70.2 Å². The van der Waals surface area contributed by atoms with Crippen LogP contribution in [0.15, 0.2) is 42.7 Å². The zero-order chi connectivity index (χ0) is 19.7. The third-order valence-corrected chi connectivity index (χ3v) is 5.28. The number of likely N-dealkylation sites (tertiary alicyclic amines) is 1. The summed E-state index contributed by atoms with van der Waals surface area (Å²) < 4.78 is 18.9. The van der Waals surface area contributed by atoms with Crippen LogP contribution in [0.5, 0.6) is 5.75 Å². The first kappa shape index (κ1) is 18.4. The Balaban J connectivity index is 1.43. The summed E-state index contributed by atoms with van der Waals surface area (Å²) in [5.41, 5.74) is 1.84. The van der Waals surface area contributed by atoms with E-state index >= 15 is 0 Å². The molecule has 1 fully saturated rings. The van der Waals surface area contributed by atoms with Crippen LogP contribution < -0.4 is 10.1 Å². The lowest BCUT2D eigenvalue weighted by molar-refractivity contribution is 0.0904. The van der Waals surface area contributed by atoms with Crippen molar-refractivity contribution in [3.8, 4) is 5.75 Å². The molecule has 2 N–H and O–H groups in total. The lowest BCUT2D eigenvalue weighted by Gasteiger charge is -2.26. The number of aromatic amines is 1. The number of hydrogen-bond acceptors (Lipinski definition) is 4. The fourth-order valence-electron chi connectivity index (χ4n) is 3.86. The standard InChI is InChI=1S/C21H23FN4O2/c1-21(25-20(27)19-15-5-8-23-17(15)6-9-24-19)7-10-26(13-21)12-14-3-4-18(28-2)16(22)11-14/h3-6,8-9,11,23H,7,10,12-13H2,1-2H3,(H,25,27). The molecule has 0 aliphatic carbocycles. The quantitative estimate of drug-likeness (QED) is 0.711. The van der Waals surface area contributed by atoms with Gasteiger partial charge in [0, 0.05) is 42.9 Å². The Kier molecular flexibility index (Phi) is 4.77. The minimum atomic E-state index is -0.360. The number of methoxy groups -OCH3 is 1. The molecule has 4 rings (SSSR count). The minimum Gasteiger partial charge on any atom is -0.494 e. The second-order valence-electron chi connectivity index (χ2n) is 7.54. The molecule has 0 radical (unpaired) electrons. The van der Waals surface area contributed by atoms with Crippen LogP contribution >= 0.6 is 0 Å². The van der Waals surface area contributed by atoms with Crippen molar-refractivity contribution < 1.29 is 13.9 Å². The molecule has 0 saturated carbocycles. The van der Waals surface area contributed by atoms with Crippen LogP contribution in [-0.2, 0) is 6.54 Å². The van der Waals surface area contributed by atoms with Crippen molar-refractivity contribution in [2.75, 3.05) is 20.2 Å². The summed E-state index contributed by atoms with van der Waals surface area (Å²) in [6.45, 7) is 4.18. The molecule has 6 nitrogen and oxygen atoms in total. The molecule has 1 saturated heterocycles. The smallest absolute Gasteiger partial charge is 0.271 e. The lowest BCUT2D eigenvalue weighted by Crippen LogP contribution is -2.48. The number of H-pyrrole nitrogens is 1. The van der Waals surface area contributed by atoms with Crippen LogP contribution in [-0.4, -0.2) is 46.5 Å². The van der Waals surface area contributed by atoms with Gasteiger partial charge in [-0.15, -0.1) is 0 Å². The Morgan fingerprint density at radius 2 is 2.25 bits per heavy atom. The van der Waals surface area contributed by atoms with E-state index in [1.54, 1.807) is 18.5 Å². The molecule has 1 aliphatic heterocycles. The summed E-state index contributed by atoms with van der Waals surface area (Å²) in [6.07, 6.45) is 4.26. The average Bonchev–Trinajstić information content (AvgIpc) is 3.28. The van der Waals surface area contributed by atoms with Gasteiger partial charge in [-0.2, -0.15) is 0 Å². The highest BCUT2D eigenvalue weighted by molar-refractivity contribution is 6.04. The van der Waals surface area contributed by atoms with Crippen LogP contribution in [0.25, 0.3) is 10.9 Å². The largest absolute Gasteiger partial charge is 0.494 e. The predicted octanol–water partition coefficient (Wildman–Crippen LogP) is 3.11. The molecule has 1 aliphatic rings. The summed E-state index contributed by atoms with van der Waals surface area (Å²) >= 11 is 0. The normalized spacial score (nSPS) is 19.8. The Hall–Kier alpha value is -2.93. The third kappa shape index (κ3) is 3.57. The van der Waals surface area contributed by atoms with Gasteiger partial charge in [0.1, 0.15) is 5.69 Å². The summed E-state index contributed by atoms with van der Waals surface area (Å²) in [7, 11) is 1.45.